The number of rotatable bonds is 8. The Morgan fingerprint density at radius 3 is 2.35 bits per heavy atom. The van der Waals surface area contributed by atoms with Crippen molar-refractivity contribution in [2.24, 2.45) is 5.73 Å². The minimum atomic E-state index is -0.298. The monoisotopic (exact) mass is 335 g/mol. The van der Waals surface area contributed by atoms with Gasteiger partial charge < -0.3 is 19.9 Å². The van der Waals surface area contributed by atoms with Gasteiger partial charge in [0, 0.05) is 5.56 Å². The molecule has 122 valence electrons. The van der Waals surface area contributed by atoms with Crippen LogP contribution < -0.4 is 19.9 Å². The third kappa shape index (κ3) is 5.10. The van der Waals surface area contributed by atoms with Gasteiger partial charge in [0.1, 0.15) is 29.8 Å². The SMILES string of the molecule is CCOc1cc(C(N)=S)ccc1OCCOc1ccc(F)cc1. The normalized spacial score (nSPS) is 10.2. The molecule has 0 amide bonds. The predicted octanol–water partition coefficient (Wildman–Crippen LogP) is 3.32. The second kappa shape index (κ2) is 8.33. The fourth-order valence-corrected chi connectivity index (χ4v) is 2.02. The molecule has 0 atom stereocenters. The zero-order valence-electron chi connectivity index (χ0n) is 12.8. The zero-order chi connectivity index (χ0) is 16.7. The maximum absolute atomic E-state index is 12.8. The van der Waals surface area contributed by atoms with E-state index >= 15 is 0 Å². The lowest BCUT2D eigenvalue weighted by Crippen LogP contribution is -2.12. The maximum atomic E-state index is 12.8. The minimum Gasteiger partial charge on any atom is -0.490 e. The Morgan fingerprint density at radius 1 is 1.00 bits per heavy atom. The van der Waals surface area contributed by atoms with Crippen molar-refractivity contribution in [3.63, 3.8) is 0 Å². The lowest BCUT2D eigenvalue weighted by molar-refractivity contribution is 0.208. The molecule has 2 aromatic carbocycles. The van der Waals surface area contributed by atoms with E-state index < -0.39 is 0 Å². The maximum Gasteiger partial charge on any atom is 0.161 e. The second-order valence-corrected chi connectivity index (χ2v) is 5.05. The molecule has 0 aliphatic rings. The van der Waals surface area contributed by atoms with Crippen molar-refractivity contribution in [3.05, 3.63) is 53.8 Å². The van der Waals surface area contributed by atoms with Gasteiger partial charge in [-0.15, -0.1) is 0 Å². The van der Waals surface area contributed by atoms with Gasteiger partial charge in [-0.1, -0.05) is 12.2 Å². The van der Waals surface area contributed by atoms with E-state index in [-0.39, 0.29) is 5.82 Å². The van der Waals surface area contributed by atoms with Crippen molar-refractivity contribution in [1.82, 2.24) is 0 Å². The third-order valence-corrected chi connectivity index (χ3v) is 3.19. The van der Waals surface area contributed by atoms with E-state index in [1.807, 2.05) is 6.92 Å². The molecule has 0 saturated carbocycles. The molecular formula is C17H18FNO3S. The lowest BCUT2D eigenvalue weighted by Gasteiger charge is -2.13. The summed E-state index contributed by atoms with van der Waals surface area (Å²) in [4.78, 5) is 0.303. The van der Waals surface area contributed by atoms with E-state index in [9.17, 15) is 4.39 Å². The first kappa shape index (κ1) is 17.0. The van der Waals surface area contributed by atoms with E-state index in [4.69, 9.17) is 32.2 Å². The molecule has 0 bridgehead atoms. The van der Waals surface area contributed by atoms with E-state index in [1.54, 1.807) is 30.3 Å². The Kier molecular flexibility index (Phi) is 6.17. The fraction of sp³-hybridized carbons (Fsp3) is 0.235. The first-order chi connectivity index (χ1) is 11.1. The van der Waals surface area contributed by atoms with Crippen molar-refractivity contribution in [3.8, 4) is 17.2 Å². The van der Waals surface area contributed by atoms with E-state index in [0.29, 0.717) is 42.1 Å². The Morgan fingerprint density at radius 2 is 1.70 bits per heavy atom. The Hall–Kier alpha value is -2.34. The summed E-state index contributed by atoms with van der Waals surface area (Å²) >= 11 is 4.95. The highest BCUT2D eigenvalue weighted by molar-refractivity contribution is 7.80. The van der Waals surface area contributed by atoms with Crippen LogP contribution in [0.3, 0.4) is 0 Å². The number of halogens is 1. The van der Waals surface area contributed by atoms with Crippen LogP contribution in [0.5, 0.6) is 17.2 Å². The molecule has 0 fully saturated rings. The van der Waals surface area contributed by atoms with Gasteiger partial charge in [0.25, 0.3) is 0 Å². The van der Waals surface area contributed by atoms with Crippen LogP contribution in [-0.4, -0.2) is 24.8 Å². The molecule has 0 heterocycles. The molecule has 0 aliphatic carbocycles. The molecule has 0 aliphatic heterocycles. The molecule has 0 unspecified atom stereocenters. The fourth-order valence-electron chi connectivity index (χ4n) is 1.89. The summed E-state index contributed by atoms with van der Waals surface area (Å²) in [5.41, 5.74) is 6.33. The second-order valence-electron chi connectivity index (χ2n) is 4.61. The average Bonchev–Trinajstić information content (AvgIpc) is 2.54. The predicted molar refractivity (Wildman–Crippen MR) is 90.9 cm³/mol. The summed E-state index contributed by atoms with van der Waals surface area (Å²) < 4.78 is 29.5. The quantitative estimate of drug-likeness (QED) is 0.592. The van der Waals surface area contributed by atoms with Crippen molar-refractivity contribution in [2.45, 2.75) is 6.92 Å². The summed E-state index contributed by atoms with van der Waals surface area (Å²) in [6.07, 6.45) is 0. The van der Waals surface area contributed by atoms with Crippen LogP contribution in [-0.2, 0) is 0 Å². The first-order valence-corrected chi connectivity index (χ1v) is 7.58. The van der Waals surface area contributed by atoms with E-state index in [0.717, 1.165) is 5.56 Å². The van der Waals surface area contributed by atoms with Gasteiger partial charge in [0.05, 0.1) is 6.61 Å². The molecule has 2 aromatic rings. The number of hydrogen-bond donors (Lipinski definition) is 1. The highest BCUT2D eigenvalue weighted by atomic mass is 32.1. The van der Waals surface area contributed by atoms with Crippen LogP contribution in [0.15, 0.2) is 42.5 Å². The molecule has 2 rings (SSSR count). The van der Waals surface area contributed by atoms with Crippen LogP contribution in [0.1, 0.15) is 12.5 Å². The van der Waals surface area contributed by atoms with Gasteiger partial charge in [-0.25, -0.2) is 4.39 Å². The number of hydrogen-bond acceptors (Lipinski definition) is 4. The summed E-state index contributed by atoms with van der Waals surface area (Å²) in [5.74, 6) is 1.46. The van der Waals surface area contributed by atoms with Gasteiger partial charge in [-0.3, -0.25) is 0 Å². The first-order valence-electron chi connectivity index (χ1n) is 7.18. The van der Waals surface area contributed by atoms with Gasteiger partial charge in [-0.05, 0) is 49.4 Å². The van der Waals surface area contributed by atoms with Crippen molar-refractivity contribution in [1.29, 1.82) is 0 Å². The molecule has 4 nitrogen and oxygen atoms in total. The molecular weight excluding hydrogens is 317 g/mol. The smallest absolute Gasteiger partial charge is 0.161 e. The van der Waals surface area contributed by atoms with Gasteiger partial charge in [0.2, 0.25) is 0 Å². The summed E-state index contributed by atoms with van der Waals surface area (Å²) in [7, 11) is 0. The van der Waals surface area contributed by atoms with Crippen LogP contribution in [0.25, 0.3) is 0 Å². The zero-order valence-corrected chi connectivity index (χ0v) is 13.6. The van der Waals surface area contributed by atoms with Gasteiger partial charge >= 0.3 is 0 Å². The van der Waals surface area contributed by atoms with Crippen LogP contribution in [0.2, 0.25) is 0 Å². The molecule has 6 heteroatoms. The molecule has 2 N–H and O–H groups in total. The third-order valence-electron chi connectivity index (χ3n) is 2.95. The summed E-state index contributed by atoms with van der Waals surface area (Å²) in [6.45, 7) is 3.04. The van der Waals surface area contributed by atoms with Crippen LogP contribution in [0.4, 0.5) is 4.39 Å². The van der Waals surface area contributed by atoms with E-state index in [1.165, 1.54) is 12.1 Å². The van der Waals surface area contributed by atoms with Gasteiger partial charge in [0.15, 0.2) is 11.5 Å². The summed E-state index contributed by atoms with van der Waals surface area (Å²) in [6, 6.07) is 11.1. The molecule has 0 radical (unpaired) electrons. The Balaban J connectivity index is 1.91. The Labute approximate surface area is 140 Å². The van der Waals surface area contributed by atoms with Crippen LogP contribution >= 0.6 is 12.2 Å². The number of benzene rings is 2. The van der Waals surface area contributed by atoms with Crippen molar-refractivity contribution >= 4 is 17.2 Å². The highest BCUT2D eigenvalue weighted by Gasteiger charge is 2.08. The van der Waals surface area contributed by atoms with Crippen LogP contribution in [0, 0.1) is 5.82 Å². The van der Waals surface area contributed by atoms with Gasteiger partial charge in [-0.2, -0.15) is 0 Å². The summed E-state index contributed by atoms with van der Waals surface area (Å²) in [5, 5.41) is 0. The topological polar surface area (TPSA) is 53.7 Å². The van der Waals surface area contributed by atoms with E-state index in [2.05, 4.69) is 0 Å². The number of nitrogens with two attached hydrogens (primary N) is 1. The molecule has 0 saturated heterocycles. The number of thiocarbonyl (C=S) groups is 1. The average molecular weight is 335 g/mol. The highest BCUT2D eigenvalue weighted by Crippen LogP contribution is 2.28. The minimum absolute atomic E-state index is 0.298. The lowest BCUT2D eigenvalue weighted by atomic mass is 10.2. The van der Waals surface area contributed by atoms with Crippen molar-refractivity contribution < 1.29 is 18.6 Å². The Bertz CT molecular complexity index is 661. The molecule has 0 spiro atoms. The largest absolute Gasteiger partial charge is 0.490 e. The number of ether oxygens (including phenoxy) is 3. The standard InChI is InChI=1S/C17H18FNO3S/c1-2-20-16-11-12(17(19)23)3-8-15(16)22-10-9-21-14-6-4-13(18)5-7-14/h3-8,11H,2,9-10H2,1H3,(H2,19,23). The molecule has 23 heavy (non-hydrogen) atoms. The van der Waals surface area contributed by atoms with Crippen molar-refractivity contribution in [2.75, 3.05) is 19.8 Å². The molecule has 0 aromatic heterocycles.